The Morgan fingerprint density at radius 2 is 2.00 bits per heavy atom. The molecule has 6 nitrogen and oxygen atoms in total. The summed E-state index contributed by atoms with van der Waals surface area (Å²) in [6, 6.07) is -0.751. The number of hydrogen-bond acceptors (Lipinski definition) is 3. The molecular weight excluding hydrogens is 272 g/mol. The second-order valence-electron chi connectivity index (χ2n) is 6.55. The van der Waals surface area contributed by atoms with Crippen LogP contribution >= 0.6 is 0 Å². The number of amides is 2. The van der Waals surface area contributed by atoms with Crippen molar-refractivity contribution in [1.29, 1.82) is 0 Å². The Labute approximate surface area is 125 Å². The maximum Gasteiger partial charge on any atom is 0.326 e. The maximum atomic E-state index is 12.8. The number of hydrogen-bond donors (Lipinski definition) is 1. The summed E-state index contributed by atoms with van der Waals surface area (Å²) in [6.45, 7) is 4.43. The number of carboxylic acids is 1. The van der Waals surface area contributed by atoms with E-state index in [4.69, 9.17) is 4.74 Å². The molecule has 2 saturated heterocycles. The molecule has 2 amide bonds. The van der Waals surface area contributed by atoms with Crippen LogP contribution < -0.4 is 0 Å². The van der Waals surface area contributed by atoms with Gasteiger partial charge in [-0.15, -0.1) is 0 Å². The molecule has 0 aromatic carbocycles. The first-order valence-corrected chi connectivity index (χ1v) is 7.98. The van der Waals surface area contributed by atoms with Gasteiger partial charge in [0.2, 0.25) is 0 Å². The predicted octanol–water partition coefficient (Wildman–Crippen LogP) is 1.40. The molecule has 118 valence electrons. The van der Waals surface area contributed by atoms with E-state index in [1.807, 2.05) is 6.92 Å². The second kappa shape index (κ2) is 5.83. The molecule has 3 aliphatic rings. The average molecular weight is 296 g/mol. The van der Waals surface area contributed by atoms with Crippen molar-refractivity contribution in [3.63, 3.8) is 0 Å². The highest BCUT2D eigenvalue weighted by molar-refractivity contribution is 5.84. The van der Waals surface area contributed by atoms with Gasteiger partial charge in [0.25, 0.3) is 0 Å². The zero-order valence-electron chi connectivity index (χ0n) is 12.5. The monoisotopic (exact) mass is 296 g/mol. The molecule has 2 heterocycles. The van der Waals surface area contributed by atoms with Crippen molar-refractivity contribution in [1.82, 2.24) is 9.80 Å². The number of aliphatic carboxylic acids is 1. The van der Waals surface area contributed by atoms with Gasteiger partial charge < -0.3 is 19.6 Å². The lowest BCUT2D eigenvalue weighted by molar-refractivity contribution is -0.142. The van der Waals surface area contributed by atoms with E-state index in [1.165, 1.54) is 0 Å². The van der Waals surface area contributed by atoms with Crippen LogP contribution in [0.1, 0.15) is 32.6 Å². The van der Waals surface area contributed by atoms with Gasteiger partial charge in [0.1, 0.15) is 6.04 Å². The third-order valence-electron chi connectivity index (χ3n) is 5.11. The van der Waals surface area contributed by atoms with E-state index < -0.39 is 12.0 Å². The SMILES string of the molecule is CC1CN(C(=O)N2CC3CCCC3C2C(=O)O)CCCO1. The zero-order valence-corrected chi connectivity index (χ0v) is 12.5. The number of ether oxygens (including phenoxy) is 1. The molecule has 4 unspecified atom stereocenters. The number of fused-ring (bicyclic) bond motifs is 1. The highest BCUT2D eigenvalue weighted by Crippen LogP contribution is 2.42. The molecule has 0 bridgehead atoms. The van der Waals surface area contributed by atoms with Gasteiger partial charge >= 0.3 is 12.0 Å². The molecule has 1 saturated carbocycles. The van der Waals surface area contributed by atoms with Crippen molar-refractivity contribution in [2.24, 2.45) is 11.8 Å². The third-order valence-corrected chi connectivity index (χ3v) is 5.11. The molecule has 1 aliphatic carbocycles. The van der Waals surface area contributed by atoms with Gasteiger partial charge in [-0.05, 0) is 38.0 Å². The lowest BCUT2D eigenvalue weighted by atomic mass is 9.94. The van der Waals surface area contributed by atoms with E-state index in [-0.39, 0.29) is 18.1 Å². The Hall–Kier alpha value is -1.30. The van der Waals surface area contributed by atoms with Crippen molar-refractivity contribution in [2.75, 3.05) is 26.2 Å². The van der Waals surface area contributed by atoms with Crippen LogP contribution in [0.5, 0.6) is 0 Å². The second-order valence-corrected chi connectivity index (χ2v) is 6.55. The summed E-state index contributed by atoms with van der Waals surface area (Å²) in [6.07, 6.45) is 3.91. The van der Waals surface area contributed by atoms with Gasteiger partial charge in [0, 0.05) is 26.2 Å². The molecule has 0 radical (unpaired) electrons. The highest BCUT2D eigenvalue weighted by atomic mass is 16.5. The van der Waals surface area contributed by atoms with E-state index in [1.54, 1.807) is 9.80 Å². The first-order chi connectivity index (χ1) is 10.1. The minimum absolute atomic E-state index is 0.0156. The van der Waals surface area contributed by atoms with Crippen molar-refractivity contribution >= 4 is 12.0 Å². The van der Waals surface area contributed by atoms with E-state index in [0.717, 1.165) is 25.7 Å². The fraction of sp³-hybridized carbons (Fsp3) is 0.867. The zero-order chi connectivity index (χ0) is 15.0. The van der Waals surface area contributed by atoms with Crippen molar-refractivity contribution in [3.8, 4) is 0 Å². The molecule has 6 heteroatoms. The molecule has 0 aromatic rings. The number of carbonyl (C=O) groups is 2. The summed E-state index contributed by atoms with van der Waals surface area (Å²) >= 11 is 0. The summed E-state index contributed by atoms with van der Waals surface area (Å²) in [5.41, 5.74) is 0. The van der Waals surface area contributed by atoms with Gasteiger partial charge in [-0.25, -0.2) is 9.59 Å². The predicted molar refractivity (Wildman–Crippen MR) is 76.0 cm³/mol. The van der Waals surface area contributed by atoms with Crippen LogP contribution in [-0.2, 0) is 9.53 Å². The molecule has 3 fully saturated rings. The summed E-state index contributed by atoms with van der Waals surface area (Å²) in [7, 11) is 0. The minimum atomic E-state index is -0.850. The van der Waals surface area contributed by atoms with Gasteiger partial charge in [-0.2, -0.15) is 0 Å². The van der Waals surface area contributed by atoms with Crippen LogP contribution in [0, 0.1) is 11.8 Å². The van der Waals surface area contributed by atoms with Crippen LogP contribution in [0.2, 0.25) is 0 Å². The number of carbonyl (C=O) groups excluding carboxylic acids is 1. The van der Waals surface area contributed by atoms with E-state index >= 15 is 0 Å². The Kier molecular flexibility index (Phi) is 4.06. The minimum Gasteiger partial charge on any atom is -0.480 e. The number of likely N-dealkylation sites (tertiary alicyclic amines) is 1. The van der Waals surface area contributed by atoms with Crippen molar-refractivity contribution in [2.45, 2.75) is 44.8 Å². The van der Waals surface area contributed by atoms with Gasteiger partial charge in [0.15, 0.2) is 0 Å². The summed E-state index contributed by atoms with van der Waals surface area (Å²) in [4.78, 5) is 27.8. The Balaban J connectivity index is 1.75. The van der Waals surface area contributed by atoms with Crippen LogP contribution in [0.15, 0.2) is 0 Å². The first kappa shape index (κ1) is 14.6. The van der Waals surface area contributed by atoms with Gasteiger partial charge in [0.05, 0.1) is 6.10 Å². The topological polar surface area (TPSA) is 70.1 Å². The summed E-state index contributed by atoms with van der Waals surface area (Å²) in [5.74, 6) is -0.334. The lowest BCUT2D eigenvalue weighted by Crippen LogP contribution is -2.50. The smallest absolute Gasteiger partial charge is 0.326 e. The standard InChI is InChI=1S/C15H24N2O4/c1-10-8-16(6-3-7-21-10)15(20)17-9-11-4-2-5-12(11)13(17)14(18)19/h10-13H,2-9H2,1H3,(H,18,19). The fourth-order valence-electron chi connectivity index (χ4n) is 4.17. The third kappa shape index (κ3) is 2.73. The van der Waals surface area contributed by atoms with Crippen molar-refractivity contribution in [3.05, 3.63) is 0 Å². The van der Waals surface area contributed by atoms with Gasteiger partial charge in [-0.3, -0.25) is 0 Å². The summed E-state index contributed by atoms with van der Waals surface area (Å²) in [5, 5.41) is 9.55. The average Bonchev–Trinajstić information content (AvgIpc) is 2.94. The molecule has 4 atom stereocenters. The Morgan fingerprint density at radius 3 is 2.76 bits per heavy atom. The number of rotatable bonds is 1. The van der Waals surface area contributed by atoms with E-state index in [2.05, 4.69) is 0 Å². The number of carboxylic acid groups (broad SMARTS) is 1. The van der Waals surface area contributed by atoms with Crippen LogP contribution in [-0.4, -0.2) is 65.3 Å². The fourth-order valence-corrected chi connectivity index (χ4v) is 4.17. The molecule has 1 N–H and O–H groups in total. The first-order valence-electron chi connectivity index (χ1n) is 7.98. The molecular formula is C15H24N2O4. The number of urea groups is 1. The summed E-state index contributed by atoms with van der Waals surface area (Å²) < 4.78 is 5.57. The van der Waals surface area contributed by atoms with Gasteiger partial charge in [-0.1, -0.05) is 6.42 Å². The quantitative estimate of drug-likeness (QED) is 0.794. The normalized spacial score (nSPS) is 36.4. The number of nitrogens with zero attached hydrogens (tertiary/aromatic N) is 2. The molecule has 0 spiro atoms. The highest BCUT2D eigenvalue weighted by Gasteiger charge is 2.50. The molecule has 2 aliphatic heterocycles. The molecule has 0 aromatic heterocycles. The van der Waals surface area contributed by atoms with E-state index in [0.29, 0.717) is 32.2 Å². The van der Waals surface area contributed by atoms with Crippen molar-refractivity contribution < 1.29 is 19.4 Å². The Bertz CT molecular complexity index is 428. The van der Waals surface area contributed by atoms with Crippen LogP contribution in [0.3, 0.4) is 0 Å². The molecule has 3 rings (SSSR count). The molecule has 21 heavy (non-hydrogen) atoms. The lowest BCUT2D eigenvalue weighted by Gasteiger charge is -2.31. The largest absolute Gasteiger partial charge is 0.480 e. The van der Waals surface area contributed by atoms with E-state index in [9.17, 15) is 14.7 Å². The van der Waals surface area contributed by atoms with Crippen LogP contribution in [0.4, 0.5) is 4.79 Å². The van der Waals surface area contributed by atoms with Crippen LogP contribution in [0.25, 0.3) is 0 Å². The maximum absolute atomic E-state index is 12.8. The Morgan fingerprint density at radius 1 is 1.19 bits per heavy atom.